The van der Waals surface area contributed by atoms with Crippen molar-refractivity contribution in [1.82, 2.24) is 14.5 Å². The van der Waals surface area contributed by atoms with Gasteiger partial charge in [0.05, 0.1) is 11.9 Å². The van der Waals surface area contributed by atoms with E-state index in [1.165, 1.54) is 0 Å². The first-order valence-corrected chi connectivity index (χ1v) is 7.37. The number of benzene rings is 1. The van der Waals surface area contributed by atoms with Gasteiger partial charge in [-0.15, -0.1) is 0 Å². The lowest BCUT2D eigenvalue weighted by molar-refractivity contribution is 0.294. The largest absolute Gasteiger partial charge is 0.492 e. The zero-order chi connectivity index (χ0) is 15.7. The molecule has 0 unspecified atom stereocenters. The van der Waals surface area contributed by atoms with Crippen LogP contribution in [0.4, 0.5) is 0 Å². The third-order valence-electron chi connectivity index (χ3n) is 3.47. The van der Waals surface area contributed by atoms with Gasteiger partial charge in [0, 0.05) is 10.7 Å². The van der Waals surface area contributed by atoms with Gasteiger partial charge in [-0.2, -0.15) is 0 Å². The molecule has 3 rings (SSSR count). The van der Waals surface area contributed by atoms with Crippen LogP contribution in [0.1, 0.15) is 11.5 Å². The SMILES string of the molecule is Cc1cc2c(=O)n(CCOc3ccc(Cl)cc3)c(C)nc2[nH]1. The number of aryl methyl sites for hydroxylation is 2. The van der Waals surface area contributed by atoms with E-state index in [4.69, 9.17) is 16.3 Å². The second-order valence-electron chi connectivity index (χ2n) is 5.13. The normalized spacial score (nSPS) is 11.0. The highest BCUT2D eigenvalue weighted by atomic mass is 35.5. The van der Waals surface area contributed by atoms with Crippen molar-refractivity contribution in [1.29, 1.82) is 0 Å². The third kappa shape index (κ3) is 2.85. The van der Waals surface area contributed by atoms with Crippen LogP contribution in [0.3, 0.4) is 0 Å². The molecule has 0 fully saturated rings. The van der Waals surface area contributed by atoms with Crippen LogP contribution in [0.15, 0.2) is 35.1 Å². The lowest BCUT2D eigenvalue weighted by atomic mass is 10.3. The minimum atomic E-state index is -0.0495. The molecule has 0 aliphatic carbocycles. The summed E-state index contributed by atoms with van der Waals surface area (Å²) in [7, 11) is 0. The van der Waals surface area contributed by atoms with Gasteiger partial charge < -0.3 is 9.72 Å². The Labute approximate surface area is 132 Å². The summed E-state index contributed by atoms with van der Waals surface area (Å²) >= 11 is 5.83. The smallest absolute Gasteiger partial charge is 0.263 e. The molecule has 0 atom stereocenters. The highest BCUT2D eigenvalue weighted by molar-refractivity contribution is 6.30. The van der Waals surface area contributed by atoms with E-state index < -0.39 is 0 Å². The standard InChI is InChI=1S/C16H16ClN3O2/c1-10-9-14-15(18-10)19-11(2)20(16(14)21)7-8-22-13-5-3-12(17)4-6-13/h3-6,9,18H,7-8H2,1-2H3. The van der Waals surface area contributed by atoms with Crippen molar-refractivity contribution in [3.63, 3.8) is 0 Å². The Hall–Kier alpha value is -2.27. The van der Waals surface area contributed by atoms with Gasteiger partial charge in [-0.05, 0) is 44.2 Å². The van der Waals surface area contributed by atoms with Crippen molar-refractivity contribution >= 4 is 22.6 Å². The summed E-state index contributed by atoms with van der Waals surface area (Å²) in [6.07, 6.45) is 0. The molecule has 1 aromatic carbocycles. The van der Waals surface area contributed by atoms with Gasteiger partial charge in [0.25, 0.3) is 5.56 Å². The van der Waals surface area contributed by atoms with E-state index in [2.05, 4.69) is 9.97 Å². The average Bonchev–Trinajstić information content (AvgIpc) is 2.85. The highest BCUT2D eigenvalue weighted by Crippen LogP contribution is 2.15. The van der Waals surface area contributed by atoms with Gasteiger partial charge in [0.1, 0.15) is 23.8 Å². The summed E-state index contributed by atoms with van der Waals surface area (Å²) in [5, 5.41) is 1.27. The van der Waals surface area contributed by atoms with Gasteiger partial charge in [-0.1, -0.05) is 11.6 Å². The van der Waals surface area contributed by atoms with E-state index in [0.717, 1.165) is 11.4 Å². The number of fused-ring (bicyclic) bond motifs is 1. The van der Waals surface area contributed by atoms with Gasteiger partial charge in [0.15, 0.2) is 0 Å². The van der Waals surface area contributed by atoms with E-state index >= 15 is 0 Å². The number of aromatic amines is 1. The number of hydrogen-bond acceptors (Lipinski definition) is 3. The molecule has 22 heavy (non-hydrogen) atoms. The van der Waals surface area contributed by atoms with Crippen LogP contribution < -0.4 is 10.3 Å². The van der Waals surface area contributed by atoms with Crippen molar-refractivity contribution in [2.45, 2.75) is 20.4 Å². The minimum absolute atomic E-state index is 0.0495. The maximum atomic E-state index is 12.5. The minimum Gasteiger partial charge on any atom is -0.492 e. The molecule has 0 saturated heterocycles. The van der Waals surface area contributed by atoms with Crippen molar-refractivity contribution in [2.24, 2.45) is 0 Å². The molecule has 0 spiro atoms. The topological polar surface area (TPSA) is 59.9 Å². The summed E-state index contributed by atoms with van der Waals surface area (Å²) in [6.45, 7) is 4.56. The number of aromatic nitrogens is 3. The lowest BCUT2D eigenvalue weighted by Gasteiger charge is -2.10. The zero-order valence-corrected chi connectivity index (χ0v) is 13.1. The van der Waals surface area contributed by atoms with E-state index in [-0.39, 0.29) is 5.56 Å². The first-order valence-electron chi connectivity index (χ1n) is 7.00. The van der Waals surface area contributed by atoms with Crippen LogP contribution in [0.25, 0.3) is 11.0 Å². The highest BCUT2D eigenvalue weighted by Gasteiger charge is 2.10. The summed E-state index contributed by atoms with van der Waals surface area (Å²) in [6, 6.07) is 8.96. The number of hydrogen-bond donors (Lipinski definition) is 1. The molecule has 2 aromatic heterocycles. The lowest BCUT2D eigenvalue weighted by Crippen LogP contribution is -2.26. The Morgan fingerprint density at radius 1 is 1.27 bits per heavy atom. The van der Waals surface area contributed by atoms with Crippen LogP contribution in [0.5, 0.6) is 5.75 Å². The number of nitrogens with zero attached hydrogens (tertiary/aromatic N) is 2. The second-order valence-corrected chi connectivity index (χ2v) is 5.57. The number of rotatable bonds is 4. The van der Waals surface area contributed by atoms with E-state index in [1.54, 1.807) is 28.8 Å². The molecular formula is C16H16ClN3O2. The Morgan fingerprint density at radius 3 is 2.73 bits per heavy atom. The summed E-state index contributed by atoms with van der Waals surface area (Å²) in [4.78, 5) is 20.0. The molecule has 5 nitrogen and oxygen atoms in total. The summed E-state index contributed by atoms with van der Waals surface area (Å²) in [5.74, 6) is 1.39. The monoisotopic (exact) mass is 317 g/mol. The van der Waals surface area contributed by atoms with Crippen LogP contribution in [0.2, 0.25) is 5.02 Å². The molecule has 114 valence electrons. The molecule has 0 amide bonds. The first-order chi connectivity index (χ1) is 10.5. The van der Waals surface area contributed by atoms with Crippen LogP contribution in [-0.4, -0.2) is 21.1 Å². The number of ether oxygens (including phenoxy) is 1. The fourth-order valence-corrected chi connectivity index (χ4v) is 2.52. The van der Waals surface area contributed by atoms with Crippen LogP contribution in [-0.2, 0) is 6.54 Å². The van der Waals surface area contributed by atoms with Gasteiger partial charge >= 0.3 is 0 Å². The Bertz CT molecular complexity index is 865. The Kier molecular flexibility index (Phi) is 3.90. The maximum Gasteiger partial charge on any atom is 0.263 e. The number of nitrogens with one attached hydrogen (secondary N) is 1. The molecular weight excluding hydrogens is 302 g/mol. The summed E-state index contributed by atoms with van der Waals surface area (Å²) < 4.78 is 7.27. The van der Waals surface area contributed by atoms with Crippen LogP contribution in [0, 0.1) is 13.8 Å². The van der Waals surface area contributed by atoms with Crippen molar-refractivity contribution < 1.29 is 4.74 Å². The number of H-pyrrole nitrogens is 1. The second kappa shape index (κ2) is 5.85. The fraction of sp³-hybridized carbons (Fsp3) is 0.250. The molecule has 0 aliphatic rings. The third-order valence-corrected chi connectivity index (χ3v) is 3.72. The quantitative estimate of drug-likeness (QED) is 0.804. The average molecular weight is 318 g/mol. The van der Waals surface area contributed by atoms with Gasteiger partial charge in [-0.3, -0.25) is 9.36 Å². The van der Waals surface area contributed by atoms with E-state index in [1.807, 2.05) is 19.9 Å². The molecule has 0 radical (unpaired) electrons. The Morgan fingerprint density at radius 2 is 2.00 bits per heavy atom. The van der Waals surface area contributed by atoms with Crippen molar-refractivity contribution in [3.05, 3.63) is 57.2 Å². The molecule has 0 bridgehead atoms. The molecule has 1 N–H and O–H groups in total. The summed E-state index contributed by atoms with van der Waals surface area (Å²) in [5.41, 5.74) is 1.51. The zero-order valence-electron chi connectivity index (χ0n) is 12.4. The Balaban J connectivity index is 1.79. The molecule has 6 heteroatoms. The molecule has 3 aromatic rings. The van der Waals surface area contributed by atoms with Gasteiger partial charge in [-0.25, -0.2) is 4.98 Å². The van der Waals surface area contributed by atoms with E-state index in [9.17, 15) is 4.79 Å². The van der Waals surface area contributed by atoms with Gasteiger partial charge in [0.2, 0.25) is 0 Å². The van der Waals surface area contributed by atoms with Crippen molar-refractivity contribution in [3.8, 4) is 5.75 Å². The first kappa shape index (κ1) is 14.7. The molecule has 2 heterocycles. The van der Waals surface area contributed by atoms with Crippen molar-refractivity contribution in [2.75, 3.05) is 6.61 Å². The van der Waals surface area contributed by atoms with Crippen LogP contribution >= 0.6 is 11.6 Å². The molecule has 0 saturated carbocycles. The van der Waals surface area contributed by atoms with E-state index in [0.29, 0.717) is 35.0 Å². The fourth-order valence-electron chi connectivity index (χ4n) is 2.39. The number of halogens is 1. The predicted octanol–water partition coefficient (Wildman–Crippen LogP) is 3.07. The molecule has 0 aliphatic heterocycles. The predicted molar refractivity (Wildman–Crippen MR) is 86.8 cm³/mol. The maximum absolute atomic E-state index is 12.5.